The predicted octanol–water partition coefficient (Wildman–Crippen LogP) is 3.98. The number of hydrogen-bond acceptors (Lipinski definition) is 4. The van der Waals surface area contributed by atoms with Crippen LogP contribution >= 0.6 is 23.2 Å². The highest BCUT2D eigenvalue weighted by molar-refractivity contribution is 6.42. The molecule has 1 heterocycles. The van der Waals surface area contributed by atoms with Crippen molar-refractivity contribution >= 4 is 34.6 Å². The minimum absolute atomic E-state index is 0.0686. The van der Waals surface area contributed by atoms with Crippen LogP contribution in [0, 0.1) is 10.1 Å². The average Bonchev–Trinajstić information content (AvgIpc) is 2.47. The lowest BCUT2D eigenvalue weighted by Crippen LogP contribution is -2.47. The van der Waals surface area contributed by atoms with Gasteiger partial charge in [-0.1, -0.05) is 23.2 Å². The third-order valence-corrected chi connectivity index (χ3v) is 4.36. The largest absolute Gasteiger partial charge is 0.390 e. The molecule has 5 nitrogen and oxygen atoms in total. The van der Waals surface area contributed by atoms with E-state index >= 15 is 0 Å². The zero-order valence-corrected chi connectivity index (χ0v) is 13.5. The number of nitro groups is 1. The SMILES string of the molecule is O=[N+]([O-])c1cc(Cl)c(Cl)cc1N1CCN(CCC(F)(F)F)CC1. The zero-order valence-electron chi connectivity index (χ0n) is 11.9. The van der Waals surface area contributed by atoms with Crippen molar-refractivity contribution in [2.75, 3.05) is 37.6 Å². The molecule has 0 amide bonds. The summed E-state index contributed by atoms with van der Waals surface area (Å²) in [6.07, 6.45) is -5.04. The standard InChI is InChI=1S/C13H14Cl2F3N3O2/c14-9-7-11(12(21(22)23)8-10(9)15)20-5-3-19(4-6-20)2-1-13(16,17)18/h7-8H,1-6H2. The Morgan fingerprint density at radius 2 is 1.70 bits per heavy atom. The van der Waals surface area contributed by atoms with Gasteiger partial charge in [0.1, 0.15) is 5.69 Å². The fourth-order valence-corrected chi connectivity index (χ4v) is 2.74. The molecule has 0 radical (unpaired) electrons. The molecule has 1 aliphatic heterocycles. The smallest absolute Gasteiger partial charge is 0.363 e. The van der Waals surface area contributed by atoms with Gasteiger partial charge in [-0.05, 0) is 6.07 Å². The van der Waals surface area contributed by atoms with Crippen LogP contribution in [0.15, 0.2) is 12.1 Å². The minimum atomic E-state index is -4.18. The maximum Gasteiger partial charge on any atom is 0.390 e. The summed E-state index contributed by atoms with van der Waals surface area (Å²) in [5.74, 6) is 0. The number of nitrogens with zero attached hydrogens (tertiary/aromatic N) is 3. The number of benzene rings is 1. The minimum Gasteiger partial charge on any atom is -0.363 e. The first kappa shape index (κ1) is 18.1. The van der Waals surface area contributed by atoms with Gasteiger partial charge >= 0.3 is 6.18 Å². The average molecular weight is 372 g/mol. The van der Waals surface area contributed by atoms with E-state index in [0.29, 0.717) is 31.9 Å². The van der Waals surface area contributed by atoms with Crippen LogP contribution in [0.5, 0.6) is 0 Å². The van der Waals surface area contributed by atoms with Gasteiger partial charge in [0.2, 0.25) is 0 Å². The summed E-state index contributed by atoms with van der Waals surface area (Å²) in [4.78, 5) is 14.0. The molecule has 0 atom stereocenters. The maximum absolute atomic E-state index is 12.2. The third-order valence-electron chi connectivity index (χ3n) is 3.64. The highest BCUT2D eigenvalue weighted by Crippen LogP contribution is 2.36. The first-order valence-electron chi connectivity index (χ1n) is 6.85. The molecule has 1 aliphatic rings. The molecular formula is C13H14Cl2F3N3O2. The lowest BCUT2D eigenvalue weighted by atomic mass is 10.2. The van der Waals surface area contributed by atoms with E-state index in [1.165, 1.54) is 12.1 Å². The monoisotopic (exact) mass is 371 g/mol. The molecule has 128 valence electrons. The second kappa shape index (κ2) is 7.11. The van der Waals surface area contributed by atoms with Crippen LogP contribution in [0.1, 0.15) is 6.42 Å². The van der Waals surface area contributed by atoms with Crippen LogP contribution in [-0.2, 0) is 0 Å². The lowest BCUT2D eigenvalue weighted by Gasteiger charge is -2.36. The Labute approximate surface area is 140 Å². The molecule has 0 bridgehead atoms. The topological polar surface area (TPSA) is 49.6 Å². The first-order valence-corrected chi connectivity index (χ1v) is 7.60. The van der Waals surface area contributed by atoms with Gasteiger partial charge in [0.05, 0.1) is 21.4 Å². The molecule has 0 unspecified atom stereocenters. The Balaban J connectivity index is 2.05. The van der Waals surface area contributed by atoms with Gasteiger partial charge in [-0.3, -0.25) is 15.0 Å². The van der Waals surface area contributed by atoms with Crippen molar-refractivity contribution in [1.29, 1.82) is 0 Å². The number of alkyl halides is 3. The summed E-state index contributed by atoms with van der Waals surface area (Å²) in [7, 11) is 0. The highest BCUT2D eigenvalue weighted by Gasteiger charge is 2.30. The van der Waals surface area contributed by atoms with E-state index in [9.17, 15) is 23.3 Å². The molecule has 23 heavy (non-hydrogen) atoms. The van der Waals surface area contributed by atoms with Crippen LogP contribution in [-0.4, -0.2) is 48.7 Å². The van der Waals surface area contributed by atoms with Crippen molar-refractivity contribution in [2.45, 2.75) is 12.6 Å². The van der Waals surface area contributed by atoms with Crippen LogP contribution in [0.25, 0.3) is 0 Å². The van der Waals surface area contributed by atoms with Gasteiger partial charge in [-0.15, -0.1) is 0 Å². The van der Waals surface area contributed by atoms with Gasteiger partial charge in [-0.25, -0.2) is 0 Å². The summed E-state index contributed by atoms with van der Waals surface area (Å²) in [5, 5.41) is 11.4. The Hall–Kier alpha value is -1.25. The fraction of sp³-hybridized carbons (Fsp3) is 0.538. The molecule has 1 fully saturated rings. The number of nitro benzene ring substituents is 1. The van der Waals surface area contributed by atoms with Crippen molar-refractivity contribution in [1.82, 2.24) is 4.90 Å². The van der Waals surface area contributed by atoms with Gasteiger partial charge in [0.15, 0.2) is 0 Å². The van der Waals surface area contributed by atoms with Crippen LogP contribution in [0.3, 0.4) is 0 Å². The molecule has 0 saturated carbocycles. The van der Waals surface area contributed by atoms with E-state index in [2.05, 4.69) is 0 Å². The molecule has 0 spiro atoms. The van der Waals surface area contributed by atoms with Gasteiger partial charge in [-0.2, -0.15) is 13.2 Å². The van der Waals surface area contributed by atoms with Crippen molar-refractivity contribution in [3.8, 4) is 0 Å². The number of rotatable bonds is 4. The first-order chi connectivity index (χ1) is 10.7. The van der Waals surface area contributed by atoms with E-state index in [1.54, 1.807) is 9.80 Å². The number of halogens is 5. The normalized spacial score (nSPS) is 16.7. The van der Waals surface area contributed by atoms with E-state index in [-0.39, 0.29) is 22.3 Å². The van der Waals surface area contributed by atoms with Crippen LogP contribution in [0.2, 0.25) is 10.0 Å². The van der Waals surface area contributed by atoms with E-state index in [4.69, 9.17) is 23.2 Å². The number of piperazine rings is 1. The van der Waals surface area contributed by atoms with Crippen LogP contribution < -0.4 is 4.90 Å². The van der Waals surface area contributed by atoms with Crippen molar-refractivity contribution in [3.05, 3.63) is 32.3 Å². The number of hydrogen-bond donors (Lipinski definition) is 0. The summed E-state index contributed by atoms with van der Waals surface area (Å²) >= 11 is 11.7. The molecule has 10 heteroatoms. The van der Waals surface area contributed by atoms with Crippen molar-refractivity contribution in [2.24, 2.45) is 0 Å². The van der Waals surface area contributed by atoms with Crippen LogP contribution in [0.4, 0.5) is 24.5 Å². The molecule has 1 aromatic carbocycles. The highest BCUT2D eigenvalue weighted by atomic mass is 35.5. The Kier molecular flexibility index (Phi) is 5.59. The summed E-state index contributed by atoms with van der Waals surface area (Å²) < 4.78 is 36.7. The van der Waals surface area contributed by atoms with Gasteiger partial charge in [0, 0.05) is 38.8 Å². The van der Waals surface area contributed by atoms with E-state index in [1.807, 2.05) is 0 Å². The third kappa shape index (κ3) is 4.86. The second-order valence-electron chi connectivity index (χ2n) is 5.21. The molecule has 0 aliphatic carbocycles. The number of anilines is 1. The zero-order chi connectivity index (χ0) is 17.2. The molecular weight excluding hydrogens is 358 g/mol. The molecule has 2 rings (SSSR count). The summed E-state index contributed by atoms with van der Waals surface area (Å²) in [6, 6.07) is 2.61. The maximum atomic E-state index is 12.2. The summed E-state index contributed by atoms with van der Waals surface area (Å²) in [5.41, 5.74) is 0.169. The second-order valence-corrected chi connectivity index (χ2v) is 6.02. The van der Waals surface area contributed by atoms with Crippen molar-refractivity contribution < 1.29 is 18.1 Å². The Morgan fingerprint density at radius 3 is 2.22 bits per heavy atom. The lowest BCUT2D eigenvalue weighted by molar-refractivity contribution is -0.384. The predicted molar refractivity (Wildman–Crippen MR) is 82.4 cm³/mol. The fourth-order valence-electron chi connectivity index (χ4n) is 2.42. The quantitative estimate of drug-likeness (QED) is 0.593. The Morgan fingerprint density at radius 1 is 1.13 bits per heavy atom. The Bertz CT molecular complexity index is 591. The molecule has 0 N–H and O–H groups in total. The van der Waals surface area contributed by atoms with Gasteiger partial charge in [0.25, 0.3) is 5.69 Å². The van der Waals surface area contributed by atoms with Gasteiger partial charge < -0.3 is 4.90 Å². The van der Waals surface area contributed by atoms with E-state index < -0.39 is 17.5 Å². The molecule has 1 aromatic rings. The van der Waals surface area contributed by atoms with Crippen molar-refractivity contribution in [3.63, 3.8) is 0 Å². The molecule has 0 aromatic heterocycles. The van der Waals surface area contributed by atoms with E-state index in [0.717, 1.165) is 0 Å². The summed E-state index contributed by atoms with van der Waals surface area (Å²) in [6.45, 7) is 1.50. The molecule has 1 saturated heterocycles.